The minimum absolute atomic E-state index is 0.163. The molecule has 9 heteroatoms. The predicted molar refractivity (Wildman–Crippen MR) is 130 cm³/mol. The molecule has 0 spiro atoms. The summed E-state index contributed by atoms with van der Waals surface area (Å²) in [5.74, 6) is 0.958. The van der Waals surface area contributed by atoms with Gasteiger partial charge < -0.3 is 9.80 Å². The summed E-state index contributed by atoms with van der Waals surface area (Å²) in [6, 6.07) is 13.4. The molecule has 0 saturated carbocycles. The SMILES string of the molecule is CCc1nc(N2CCN(C(=O)c3cccc(F)c3)CC2)c2c(C)nn(-c3ccccc3Cl)c2n1. The lowest BCUT2D eigenvalue weighted by Crippen LogP contribution is -2.49. The van der Waals surface area contributed by atoms with Gasteiger partial charge in [0.15, 0.2) is 5.65 Å². The summed E-state index contributed by atoms with van der Waals surface area (Å²) in [4.78, 5) is 26.4. The minimum atomic E-state index is -0.411. The first-order valence-electron chi connectivity index (χ1n) is 11.3. The number of benzene rings is 2. The van der Waals surface area contributed by atoms with Gasteiger partial charge in [-0.3, -0.25) is 4.79 Å². The number of piperazine rings is 1. The van der Waals surface area contributed by atoms with Crippen LogP contribution >= 0.6 is 11.6 Å². The van der Waals surface area contributed by atoms with Crippen LogP contribution in [-0.4, -0.2) is 56.7 Å². The normalized spacial score (nSPS) is 14.1. The molecule has 2 aromatic heterocycles. The Morgan fingerprint density at radius 1 is 1.06 bits per heavy atom. The van der Waals surface area contributed by atoms with Gasteiger partial charge in [0.05, 0.1) is 21.8 Å². The lowest BCUT2D eigenvalue weighted by atomic mass is 10.1. The molecule has 0 unspecified atom stereocenters. The molecule has 4 aromatic rings. The molecule has 0 atom stereocenters. The molecular weight excluding hydrogens is 455 g/mol. The van der Waals surface area contributed by atoms with Crippen LogP contribution in [0.15, 0.2) is 48.5 Å². The fraction of sp³-hybridized carbons (Fsp3) is 0.280. The third-order valence-electron chi connectivity index (χ3n) is 6.06. The predicted octanol–water partition coefficient (Wildman–Crippen LogP) is 4.44. The molecule has 1 aliphatic rings. The molecule has 0 bridgehead atoms. The van der Waals surface area contributed by atoms with Gasteiger partial charge >= 0.3 is 0 Å². The average molecular weight is 479 g/mol. The van der Waals surface area contributed by atoms with Gasteiger partial charge in [0, 0.05) is 38.2 Å². The summed E-state index contributed by atoms with van der Waals surface area (Å²) in [5, 5.41) is 6.21. The highest BCUT2D eigenvalue weighted by atomic mass is 35.5. The van der Waals surface area contributed by atoms with E-state index in [1.807, 2.05) is 38.1 Å². The fourth-order valence-electron chi connectivity index (χ4n) is 4.31. The number of halogens is 2. The molecule has 0 N–H and O–H groups in total. The zero-order valence-corrected chi connectivity index (χ0v) is 19.8. The molecule has 0 aliphatic carbocycles. The van der Waals surface area contributed by atoms with Crippen LogP contribution in [-0.2, 0) is 6.42 Å². The summed E-state index contributed by atoms with van der Waals surface area (Å²) in [6.07, 6.45) is 0.674. The number of carbonyl (C=O) groups excluding carboxylic acids is 1. The first-order chi connectivity index (χ1) is 16.5. The van der Waals surface area contributed by atoms with Crippen LogP contribution in [0.2, 0.25) is 5.02 Å². The number of nitrogens with zero attached hydrogens (tertiary/aromatic N) is 6. The van der Waals surface area contributed by atoms with Crippen molar-refractivity contribution < 1.29 is 9.18 Å². The van der Waals surface area contributed by atoms with Crippen molar-refractivity contribution in [2.75, 3.05) is 31.1 Å². The van der Waals surface area contributed by atoms with Crippen molar-refractivity contribution in [2.45, 2.75) is 20.3 Å². The molecule has 3 heterocycles. The second-order valence-corrected chi connectivity index (χ2v) is 8.66. The average Bonchev–Trinajstić information content (AvgIpc) is 3.19. The van der Waals surface area contributed by atoms with Crippen molar-refractivity contribution in [3.05, 3.63) is 76.5 Å². The Hall–Kier alpha value is -3.52. The van der Waals surface area contributed by atoms with Crippen molar-refractivity contribution >= 4 is 34.4 Å². The number of rotatable bonds is 4. The van der Waals surface area contributed by atoms with E-state index < -0.39 is 5.82 Å². The van der Waals surface area contributed by atoms with Crippen LogP contribution in [0.1, 0.15) is 28.8 Å². The summed E-state index contributed by atoms with van der Waals surface area (Å²) >= 11 is 6.46. The number of fused-ring (bicyclic) bond motifs is 1. The maximum absolute atomic E-state index is 13.6. The smallest absolute Gasteiger partial charge is 0.254 e. The topological polar surface area (TPSA) is 67.2 Å². The highest BCUT2D eigenvalue weighted by Gasteiger charge is 2.27. The van der Waals surface area contributed by atoms with Crippen molar-refractivity contribution in [2.24, 2.45) is 0 Å². The van der Waals surface area contributed by atoms with Gasteiger partial charge in [0.25, 0.3) is 5.91 Å². The van der Waals surface area contributed by atoms with Crippen molar-refractivity contribution in [3.8, 4) is 5.69 Å². The second-order valence-electron chi connectivity index (χ2n) is 8.25. The molecule has 1 amide bonds. The minimum Gasteiger partial charge on any atom is -0.352 e. The molecule has 0 radical (unpaired) electrons. The van der Waals surface area contributed by atoms with Crippen LogP contribution < -0.4 is 4.90 Å². The molecule has 1 saturated heterocycles. The molecule has 5 rings (SSSR count). The standard InChI is InChI=1S/C25H24ClFN6O/c1-3-21-28-23(22-16(2)30-33(24(22)29-21)20-10-5-4-9-19(20)26)31-11-13-32(14-12-31)25(34)17-7-6-8-18(27)15-17/h4-10,15H,3,11-14H2,1-2H3. The van der Waals surface area contributed by atoms with Gasteiger partial charge in [0.2, 0.25) is 0 Å². The fourth-order valence-corrected chi connectivity index (χ4v) is 4.53. The van der Waals surface area contributed by atoms with Crippen LogP contribution in [0.25, 0.3) is 16.7 Å². The van der Waals surface area contributed by atoms with Crippen molar-refractivity contribution in [3.63, 3.8) is 0 Å². The Kier molecular flexibility index (Phi) is 5.91. The lowest BCUT2D eigenvalue weighted by molar-refractivity contribution is 0.0746. The Balaban J connectivity index is 1.48. The Labute approximate surface area is 201 Å². The molecule has 1 fully saturated rings. The van der Waals surface area contributed by atoms with E-state index in [1.165, 1.54) is 12.1 Å². The summed E-state index contributed by atoms with van der Waals surface area (Å²) in [7, 11) is 0. The van der Waals surface area contributed by atoms with Crippen molar-refractivity contribution in [1.29, 1.82) is 0 Å². The molecule has 34 heavy (non-hydrogen) atoms. The molecule has 7 nitrogen and oxygen atoms in total. The summed E-state index contributed by atoms with van der Waals surface area (Å²) in [6.45, 7) is 6.20. The van der Waals surface area contributed by atoms with Gasteiger partial charge in [-0.1, -0.05) is 36.7 Å². The Bertz CT molecular complexity index is 1380. The third kappa shape index (κ3) is 3.98. The van der Waals surface area contributed by atoms with E-state index in [1.54, 1.807) is 21.7 Å². The third-order valence-corrected chi connectivity index (χ3v) is 6.38. The van der Waals surface area contributed by atoms with Gasteiger partial charge in [0.1, 0.15) is 17.5 Å². The van der Waals surface area contributed by atoms with E-state index in [0.717, 1.165) is 22.6 Å². The number of aryl methyl sites for hydroxylation is 2. The summed E-state index contributed by atoms with van der Waals surface area (Å²) in [5.41, 5.74) is 2.65. The van der Waals surface area contributed by atoms with Crippen LogP contribution in [0.5, 0.6) is 0 Å². The molecule has 174 valence electrons. The lowest BCUT2D eigenvalue weighted by Gasteiger charge is -2.35. The monoisotopic (exact) mass is 478 g/mol. The zero-order valence-electron chi connectivity index (χ0n) is 19.0. The number of aromatic nitrogens is 4. The van der Waals surface area contributed by atoms with Crippen LogP contribution in [0.4, 0.5) is 10.2 Å². The molecule has 1 aliphatic heterocycles. The number of carbonyl (C=O) groups is 1. The van der Waals surface area contributed by atoms with E-state index in [-0.39, 0.29) is 5.91 Å². The largest absolute Gasteiger partial charge is 0.352 e. The first kappa shape index (κ1) is 22.3. The maximum Gasteiger partial charge on any atom is 0.254 e. The van der Waals surface area contributed by atoms with Gasteiger partial charge in [-0.25, -0.2) is 19.0 Å². The van der Waals surface area contributed by atoms with Crippen molar-refractivity contribution in [1.82, 2.24) is 24.6 Å². The van der Waals surface area contributed by atoms with E-state index in [9.17, 15) is 9.18 Å². The number of anilines is 1. The molecule has 2 aromatic carbocycles. The van der Waals surface area contributed by atoms with E-state index in [4.69, 9.17) is 26.7 Å². The number of hydrogen-bond acceptors (Lipinski definition) is 5. The maximum atomic E-state index is 13.6. The van der Waals surface area contributed by atoms with Gasteiger partial charge in [-0.15, -0.1) is 0 Å². The number of hydrogen-bond donors (Lipinski definition) is 0. The van der Waals surface area contributed by atoms with E-state index in [2.05, 4.69) is 4.90 Å². The second kappa shape index (κ2) is 9.02. The van der Waals surface area contributed by atoms with Gasteiger partial charge in [-0.05, 0) is 37.3 Å². The Morgan fingerprint density at radius 2 is 1.82 bits per heavy atom. The van der Waals surface area contributed by atoms with Crippen LogP contribution in [0.3, 0.4) is 0 Å². The Morgan fingerprint density at radius 3 is 2.53 bits per heavy atom. The summed E-state index contributed by atoms with van der Waals surface area (Å²) < 4.78 is 15.4. The molecular formula is C25H24ClFN6O. The number of para-hydroxylation sites is 1. The van der Waals surface area contributed by atoms with Gasteiger partial charge in [-0.2, -0.15) is 5.10 Å². The first-order valence-corrected chi connectivity index (χ1v) is 11.6. The van der Waals surface area contributed by atoms with Crippen LogP contribution in [0, 0.1) is 12.7 Å². The van der Waals surface area contributed by atoms with E-state index in [0.29, 0.717) is 54.7 Å². The zero-order chi connectivity index (χ0) is 23.8. The quantitative estimate of drug-likeness (QED) is 0.434. The highest BCUT2D eigenvalue weighted by molar-refractivity contribution is 6.32. The van der Waals surface area contributed by atoms with E-state index >= 15 is 0 Å². The number of amides is 1. The highest BCUT2D eigenvalue weighted by Crippen LogP contribution is 2.31.